The molecule has 0 radical (unpaired) electrons. The van der Waals surface area contributed by atoms with Crippen molar-refractivity contribution in [3.05, 3.63) is 35.4 Å². The number of hydrogen-bond donors (Lipinski definition) is 1. The van der Waals surface area contributed by atoms with Gasteiger partial charge in [0.25, 0.3) is 5.91 Å². The molecule has 140 valence electrons. The van der Waals surface area contributed by atoms with E-state index in [9.17, 15) is 9.59 Å². The highest BCUT2D eigenvalue weighted by Gasteiger charge is 2.57. The first-order chi connectivity index (χ1) is 12.5. The summed E-state index contributed by atoms with van der Waals surface area (Å²) >= 11 is 0. The van der Waals surface area contributed by atoms with Crippen LogP contribution in [0.2, 0.25) is 0 Å². The van der Waals surface area contributed by atoms with Crippen LogP contribution in [0.15, 0.2) is 24.3 Å². The molecule has 2 fully saturated rings. The van der Waals surface area contributed by atoms with Gasteiger partial charge in [-0.25, -0.2) is 0 Å². The molecule has 0 bridgehead atoms. The molecule has 4 nitrogen and oxygen atoms in total. The van der Waals surface area contributed by atoms with E-state index in [-0.39, 0.29) is 29.3 Å². The second-order valence-electron chi connectivity index (χ2n) is 8.61. The van der Waals surface area contributed by atoms with Crippen LogP contribution in [0.5, 0.6) is 0 Å². The van der Waals surface area contributed by atoms with Gasteiger partial charge in [0, 0.05) is 17.6 Å². The number of nitrogens with one attached hydrogen (secondary N) is 1. The zero-order valence-corrected chi connectivity index (χ0v) is 16.0. The second kappa shape index (κ2) is 6.71. The molecule has 1 heterocycles. The number of nitrogens with zero attached hydrogens (tertiary/aromatic N) is 1. The average molecular weight is 354 g/mol. The van der Waals surface area contributed by atoms with E-state index in [2.05, 4.69) is 10.2 Å². The highest BCUT2D eigenvalue weighted by atomic mass is 16.2. The highest BCUT2D eigenvalue weighted by Crippen LogP contribution is 2.52. The molecular weight excluding hydrogens is 324 g/mol. The van der Waals surface area contributed by atoms with Crippen LogP contribution in [-0.2, 0) is 4.79 Å². The molecule has 2 aliphatic carbocycles. The van der Waals surface area contributed by atoms with Crippen molar-refractivity contribution in [1.29, 1.82) is 0 Å². The fraction of sp³-hybridized carbons (Fsp3) is 0.636. The van der Waals surface area contributed by atoms with Crippen LogP contribution in [0.3, 0.4) is 0 Å². The van der Waals surface area contributed by atoms with Gasteiger partial charge in [-0.15, -0.1) is 0 Å². The van der Waals surface area contributed by atoms with Gasteiger partial charge in [0.2, 0.25) is 5.91 Å². The first kappa shape index (κ1) is 17.6. The Morgan fingerprint density at radius 1 is 1.12 bits per heavy atom. The monoisotopic (exact) mass is 354 g/mol. The van der Waals surface area contributed by atoms with Crippen LogP contribution < -0.4 is 5.32 Å². The van der Waals surface area contributed by atoms with E-state index in [0.29, 0.717) is 6.04 Å². The maximum atomic E-state index is 13.5. The molecule has 0 aromatic heterocycles. The van der Waals surface area contributed by atoms with Gasteiger partial charge in [0.05, 0.1) is 11.5 Å². The van der Waals surface area contributed by atoms with Gasteiger partial charge in [-0.1, -0.05) is 43.9 Å². The standard InChI is InChI=1S/C22H30N2O2/c1-15(2)23-20(25)19-17-11-5-6-12-18(17)21(26)24(16-9-3-4-10-16)22(19)13-7-8-14-22/h5-6,11-12,15-16,19H,3-4,7-10,13-14H2,1-2H3,(H,23,25)/t19-/m0/s1. The third-order valence-corrected chi connectivity index (χ3v) is 6.59. The number of rotatable bonds is 3. The summed E-state index contributed by atoms with van der Waals surface area (Å²) in [7, 11) is 0. The van der Waals surface area contributed by atoms with Crippen LogP contribution in [0.25, 0.3) is 0 Å². The molecule has 26 heavy (non-hydrogen) atoms. The zero-order valence-electron chi connectivity index (χ0n) is 16.0. The third kappa shape index (κ3) is 2.65. The topological polar surface area (TPSA) is 49.4 Å². The number of carbonyl (C=O) groups excluding carboxylic acids is 2. The van der Waals surface area contributed by atoms with Crippen molar-refractivity contribution in [3.63, 3.8) is 0 Å². The van der Waals surface area contributed by atoms with Crippen LogP contribution >= 0.6 is 0 Å². The minimum atomic E-state index is -0.334. The first-order valence-electron chi connectivity index (χ1n) is 10.3. The van der Waals surface area contributed by atoms with E-state index in [1.165, 1.54) is 12.8 Å². The van der Waals surface area contributed by atoms with Crippen molar-refractivity contribution in [3.8, 4) is 0 Å². The van der Waals surface area contributed by atoms with E-state index in [0.717, 1.165) is 49.7 Å². The first-order valence-corrected chi connectivity index (χ1v) is 10.3. The van der Waals surface area contributed by atoms with Crippen molar-refractivity contribution >= 4 is 11.8 Å². The highest BCUT2D eigenvalue weighted by molar-refractivity contribution is 6.02. The van der Waals surface area contributed by atoms with E-state index in [1.54, 1.807) is 0 Å². The fourth-order valence-electron chi connectivity index (χ4n) is 5.67. The van der Waals surface area contributed by atoms with Crippen molar-refractivity contribution < 1.29 is 9.59 Å². The van der Waals surface area contributed by atoms with Crippen LogP contribution in [-0.4, -0.2) is 34.3 Å². The Hall–Kier alpha value is -1.84. The normalized spacial score (nSPS) is 25.1. The SMILES string of the molecule is CC(C)NC(=O)[C@@H]1c2ccccc2C(=O)N(C2CCCC2)C12CCCC2. The molecule has 4 rings (SSSR count). The van der Waals surface area contributed by atoms with Gasteiger partial charge in [0.1, 0.15) is 0 Å². The zero-order chi connectivity index (χ0) is 18.3. The number of hydrogen-bond acceptors (Lipinski definition) is 2. The second-order valence-corrected chi connectivity index (χ2v) is 8.61. The van der Waals surface area contributed by atoms with Gasteiger partial charge < -0.3 is 10.2 Å². The van der Waals surface area contributed by atoms with Crippen molar-refractivity contribution in [2.45, 2.75) is 88.8 Å². The van der Waals surface area contributed by atoms with Crippen LogP contribution in [0, 0.1) is 0 Å². The number of amides is 2. The Morgan fingerprint density at radius 3 is 2.42 bits per heavy atom. The summed E-state index contributed by atoms with van der Waals surface area (Å²) in [6, 6.07) is 8.21. The summed E-state index contributed by atoms with van der Waals surface area (Å²) in [6.07, 6.45) is 8.63. The Morgan fingerprint density at radius 2 is 1.77 bits per heavy atom. The lowest BCUT2D eigenvalue weighted by Crippen LogP contribution is -2.63. The number of carbonyl (C=O) groups is 2. The molecule has 1 aromatic carbocycles. The molecule has 2 saturated carbocycles. The lowest BCUT2D eigenvalue weighted by Gasteiger charge is -2.52. The smallest absolute Gasteiger partial charge is 0.254 e. The predicted octanol–water partition coefficient (Wildman–Crippen LogP) is 4.01. The van der Waals surface area contributed by atoms with Crippen molar-refractivity contribution in [2.75, 3.05) is 0 Å². The summed E-state index contributed by atoms with van der Waals surface area (Å²) in [6.45, 7) is 4.02. The van der Waals surface area contributed by atoms with E-state index < -0.39 is 0 Å². The van der Waals surface area contributed by atoms with Crippen molar-refractivity contribution in [2.24, 2.45) is 0 Å². The lowest BCUT2D eigenvalue weighted by atomic mass is 9.70. The molecule has 1 atom stereocenters. The molecule has 2 amide bonds. The fourth-order valence-corrected chi connectivity index (χ4v) is 5.67. The maximum absolute atomic E-state index is 13.5. The van der Waals surface area contributed by atoms with E-state index in [4.69, 9.17) is 0 Å². The maximum Gasteiger partial charge on any atom is 0.254 e. The molecule has 3 aliphatic rings. The Balaban J connectivity index is 1.86. The lowest BCUT2D eigenvalue weighted by molar-refractivity contribution is -0.127. The summed E-state index contributed by atoms with van der Waals surface area (Å²) in [5.41, 5.74) is 1.34. The molecule has 0 unspecified atom stereocenters. The van der Waals surface area contributed by atoms with E-state index >= 15 is 0 Å². The summed E-state index contributed by atoms with van der Waals surface area (Å²) < 4.78 is 0. The van der Waals surface area contributed by atoms with Crippen LogP contribution in [0.1, 0.15) is 87.1 Å². The summed E-state index contributed by atoms with van der Waals surface area (Å²) in [5, 5.41) is 3.15. The van der Waals surface area contributed by atoms with E-state index in [1.807, 2.05) is 38.1 Å². The van der Waals surface area contributed by atoms with Crippen LogP contribution in [0.4, 0.5) is 0 Å². The van der Waals surface area contributed by atoms with Gasteiger partial charge >= 0.3 is 0 Å². The Kier molecular flexibility index (Phi) is 4.54. The largest absolute Gasteiger partial charge is 0.353 e. The minimum Gasteiger partial charge on any atom is -0.353 e. The molecule has 1 N–H and O–H groups in total. The van der Waals surface area contributed by atoms with Gasteiger partial charge in [-0.2, -0.15) is 0 Å². The molecule has 1 spiro atoms. The number of fused-ring (bicyclic) bond motifs is 1. The molecule has 1 aromatic rings. The van der Waals surface area contributed by atoms with Gasteiger partial charge in [-0.05, 0) is 51.2 Å². The van der Waals surface area contributed by atoms with Gasteiger partial charge in [0.15, 0.2) is 0 Å². The molecule has 0 saturated heterocycles. The predicted molar refractivity (Wildman–Crippen MR) is 102 cm³/mol. The average Bonchev–Trinajstić information content (AvgIpc) is 3.28. The summed E-state index contributed by atoms with van der Waals surface area (Å²) in [5.74, 6) is -0.00487. The quantitative estimate of drug-likeness (QED) is 0.892. The molecule has 4 heteroatoms. The summed E-state index contributed by atoms with van der Waals surface area (Å²) in [4.78, 5) is 29.1. The Labute approximate surface area is 156 Å². The molecular formula is C22H30N2O2. The van der Waals surface area contributed by atoms with Crippen molar-refractivity contribution in [1.82, 2.24) is 10.2 Å². The molecule has 1 aliphatic heterocycles. The Bertz CT molecular complexity index is 700. The minimum absolute atomic E-state index is 0.0878. The third-order valence-electron chi connectivity index (χ3n) is 6.59. The number of benzene rings is 1. The van der Waals surface area contributed by atoms with Gasteiger partial charge in [-0.3, -0.25) is 9.59 Å².